The van der Waals surface area contributed by atoms with Crippen LogP contribution in [0.2, 0.25) is 0 Å². The summed E-state index contributed by atoms with van der Waals surface area (Å²) in [6.07, 6.45) is 0. The lowest BCUT2D eigenvalue weighted by Gasteiger charge is -2.24. The maximum Gasteiger partial charge on any atom is 0.253 e. The van der Waals surface area contributed by atoms with Crippen LogP contribution in [0.4, 0.5) is 5.69 Å². The molecule has 1 aromatic rings. The minimum absolute atomic E-state index is 0.00992. The average Bonchev–Trinajstić information content (AvgIpc) is 2.40. The zero-order valence-corrected chi connectivity index (χ0v) is 12.6. The molecule has 0 aromatic heterocycles. The summed E-state index contributed by atoms with van der Waals surface area (Å²) in [5.41, 5.74) is 5.87. The van der Waals surface area contributed by atoms with Crippen molar-refractivity contribution in [3.63, 3.8) is 0 Å². The number of rotatable bonds is 6. The Morgan fingerprint density at radius 3 is 2.05 bits per heavy atom. The molecule has 0 aliphatic heterocycles. The quantitative estimate of drug-likeness (QED) is 0.833. The van der Waals surface area contributed by atoms with Crippen molar-refractivity contribution < 1.29 is 9.59 Å². The van der Waals surface area contributed by atoms with Gasteiger partial charge >= 0.3 is 0 Å². The number of carbonyl (C=O) groups excluding carboxylic acids is 2. The highest BCUT2D eigenvalue weighted by molar-refractivity contribution is 5.94. The van der Waals surface area contributed by atoms with Crippen LogP contribution >= 0.6 is 0 Å². The Balaban J connectivity index is 2.84. The van der Waals surface area contributed by atoms with Gasteiger partial charge in [-0.1, -0.05) is 0 Å². The predicted octanol–water partition coefficient (Wildman–Crippen LogP) is 1.84. The van der Waals surface area contributed by atoms with Gasteiger partial charge in [0.05, 0.1) is 0 Å². The third-order valence-corrected chi connectivity index (χ3v) is 3.26. The summed E-state index contributed by atoms with van der Waals surface area (Å²) in [5, 5.41) is 3.04. The minimum Gasteiger partial charge on any atom is -0.372 e. The number of primary amides is 1. The van der Waals surface area contributed by atoms with E-state index in [1.807, 2.05) is 13.8 Å². The molecule has 20 heavy (non-hydrogen) atoms. The molecule has 110 valence electrons. The van der Waals surface area contributed by atoms with Crippen LogP contribution in [-0.4, -0.2) is 35.3 Å². The first kappa shape index (κ1) is 16.0. The van der Waals surface area contributed by atoms with Crippen molar-refractivity contribution in [1.82, 2.24) is 4.90 Å². The highest BCUT2D eigenvalue weighted by atomic mass is 16.2. The van der Waals surface area contributed by atoms with Gasteiger partial charge in [-0.05, 0) is 52.0 Å². The first-order chi connectivity index (χ1) is 9.31. The molecule has 5 heteroatoms. The number of nitrogens with two attached hydrogens (primary N) is 1. The molecule has 5 nitrogen and oxygen atoms in total. The molecule has 0 radical (unpaired) electrons. The van der Waals surface area contributed by atoms with Gasteiger partial charge in [-0.2, -0.15) is 0 Å². The summed E-state index contributed by atoms with van der Waals surface area (Å²) < 4.78 is 0. The van der Waals surface area contributed by atoms with Crippen LogP contribution in [0.5, 0.6) is 0 Å². The van der Waals surface area contributed by atoms with E-state index in [1.54, 1.807) is 43.0 Å². The Labute approximate surface area is 120 Å². The molecule has 1 aromatic carbocycles. The van der Waals surface area contributed by atoms with Crippen molar-refractivity contribution in [2.75, 3.05) is 18.4 Å². The van der Waals surface area contributed by atoms with Crippen LogP contribution in [0.25, 0.3) is 0 Å². The number of benzene rings is 1. The second-order valence-corrected chi connectivity index (χ2v) is 5.17. The number of amides is 2. The van der Waals surface area contributed by atoms with Gasteiger partial charge in [-0.25, -0.2) is 0 Å². The van der Waals surface area contributed by atoms with Crippen molar-refractivity contribution in [1.29, 1.82) is 0 Å². The van der Waals surface area contributed by atoms with Crippen LogP contribution in [0.1, 0.15) is 38.1 Å². The molecule has 0 aliphatic rings. The largest absolute Gasteiger partial charge is 0.372 e. The first-order valence-electron chi connectivity index (χ1n) is 6.79. The van der Waals surface area contributed by atoms with Crippen molar-refractivity contribution in [3.8, 4) is 0 Å². The monoisotopic (exact) mass is 277 g/mol. The fourth-order valence-corrected chi connectivity index (χ4v) is 1.81. The Hall–Kier alpha value is -2.04. The molecule has 0 heterocycles. The Morgan fingerprint density at radius 2 is 1.65 bits per heavy atom. The summed E-state index contributed by atoms with van der Waals surface area (Å²) in [4.78, 5) is 25.2. The fraction of sp³-hybridized carbons (Fsp3) is 0.467. The number of nitrogens with one attached hydrogen (secondary N) is 1. The van der Waals surface area contributed by atoms with Crippen molar-refractivity contribution >= 4 is 17.5 Å². The third kappa shape index (κ3) is 3.73. The Kier molecular flexibility index (Phi) is 5.13. The summed E-state index contributed by atoms with van der Waals surface area (Å²) >= 11 is 0. The molecule has 0 bridgehead atoms. The summed E-state index contributed by atoms with van der Waals surface area (Å²) in [5.74, 6) is -0.420. The zero-order chi connectivity index (χ0) is 15.3. The smallest absolute Gasteiger partial charge is 0.253 e. The highest BCUT2D eigenvalue weighted by Gasteiger charge is 2.24. The van der Waals surface area contributed by atoms with Crippen molar-refractivity contribution in [3.05, 3.63) is 29.8 Å². The van der Waals surface area contributed by atoms with Gasteiger partial charge in [0.1, 0.15) is 5.54 Å². The molecule has 3 N–H and O–H groups in total. The van der Waals surface area contributed by atoms with Gasteiger partial charge in [-0.15, -0.1) is 0 Å². The number of hydrogen-bond donors (Lipinski definition) is 2. The van der Waals surface area contributed by atoms with Crippen LogP contribution in [0.3, 0.4) is 0 Å². The molecule has 0 aliphatic carbocycles. The topological polar surface area (TPSA) is 75.4 Å². The van der Waals surface area contributed by atoms with Gasteiger partial charge in [0.25, 0.3) is 5.91 Å². The number of anilines is 1. The van der Waals surface area contributed by atoms with E-state index >= 15 is 0 Å². The maximum atomic E-state index is 12.1. The summed E-state index contributed by atoms with van der Waals surface area (Å²) in [7, 11) is 0. The molecule has 0 atom stereocenters. The fourth-order valence-electron chi connectivity index (χ4n) is 1.81. The summed E-state index contributed by atoms with van der Waals surface area (Å²) in [6, 6.07) is 7.06. The van der Waals surface area contributed by atoms with Crippen molar-refractivity contribution in [2.45, 2.75) is 33.2 Å². The van der Waals surface area contributed by atoms with Gasteiger partial charge in [-0.3, -0.25) is 9.59 Å². The lowest BCUT2D eigenvalue weighted by Crippen LogP contribution is -2.45. The highest BCUT2D eigenvalue weighted by Crippen LogP contribution is 2.16. The van der Waals surface area contributed by atoms with E-state index in [0.717, 1.165) is 5.69 Å². The lowest BCUT2D eigenvalue weighted by molar-refractivity contribution is -0.121. The standard InChI is InChI=1S/C15H23N3O2/c1-5-18(6-2)13(19)11-7-9-12(10-8-11)17-15(3,4)14(16)20/h7-10,17H,5-6H2,1-4H3,(H2,16,20). The average molecular weight is 277 g/mol. The molecule has 0 spiro atoms. The molecule has 0 saturated carbocycles. The van der Waals surface area contributed by atoms with Crippen LogP contribution < -0.4 is 11.1 Å². The second kappa shape index (κ2) is 6.41. The number of hydrogen-bond acceptors (Lipinski definition) is 3. The molecule has 0 unspecified atom stereocenters. The third-order valence-electron chi connectivity index (χ3n) is 3.26. The maximum absolute atomic E-state index is 12.1. The van der Waals surface area contributed by atoms with Crippen LogP contribution in [0, 0.1) is 0 Å². The minimum atomic E-state index is -0.829. The normalized spacial score (nSPS) is 11.0. The first-order valence-corrected chi connectivity index (χ1v) is 6.79. The van der Waals surface area contributed by atoms with Crippen LogP contribution in [-0.2, 0) is 4.79 Å². The number of nitrogens with zero attached hydrogens (tertiary/aromatic N) is 1. The van der Waals surface area contributed by atoms with E-state index in [9.17, 15) is 9.59 Å². The van der Waals surface area contributed by atoms with Crippen LogP contribution in [0.15, 0.2) is 24.3 Å². The van der Waals surface area contributed by atoms with Crippen molar-refractivity contribution in [2.24, 2.45) is 5.73 Å². The Bertz CT molecular complexity index is 476. The van der Waals surface area contributed by atoms with E-state index < -0.39 is 11.4 Å². The SMILES string of the molecule is CCN(CC)C(=O)c1ccc(NC(C)(C)C(N)=O)cc1. The van der Waals surface area contributed by atoms with E-state index in [1.165, 1.54) is 0 Å². The summed E-state index contributed by atoms with van der Waals surface area (Å²) in [6.45, 7) is 8.70. The predicted molar refractivity (Wildman–Crippen MR) is 80.6 cm³/mol. The molecule has 2 amide bonds. The molecular formula is C15H23N3O2. The van der Waals surface area contributed by atoms with E-state index in [0.29, 0.717) is 18.7 Å². The zero-order valence-electron chi connectivity index (χ0n) is 12.6. The van der Waals surface area contributed by atoms with Gasteiger partial charge < -0.3 is 16.0 Å². The van der Waals surface area contributed by atoms with Gasteiger partial charge in [0.2, 0.25) is 5.91 Å². The molecule has 0 saturated heterocycles. The van der Waals surface area contributed by atoms with E-state index in [4.69, 9.17) is 5.73 Å². The van der Waals surface area contributed by atoms with E-state index in [2.05, 4.69) is 5.32 Å². The molecular weight excluding hydrogens is 254 g/mol. The Morgan fingerprint density at radius 1 is 1.15 bits per heavy atom. The lowest BCUT2D eigenvalue weighted by atomic mass is 10.0. The number of carbonyl (C=O) groups is 2. The molecule has 0 fully saturated rings. The van der Waals surface area contributed by atoms with Gasteiger partial charge in [0.15, 0.2) is 0 Å². The van der Waals surface area contributed by atoms with Gasteiger partial charge in [0, 0.05) is 24.3 Å². The second-order valence-electron chi connectivity index (χ2n) is 5.17. The molecule has 1 rings (SSSR count). The van der Waals surface area contributed by atoms with E-state index in [-0.39, 0.29) is 5.91 Å².